The van der Waals surface area contributed by atoms with Crippen LogP contribution in [0.4, 0.5) is 0 Å². The fraction of sp³-hybridized carbons (Fsp3) is 0.444. The average Bonchev–Trinajstić information content (AvgIpc) is 2.92. The molecule has 0 aliphatic rings. The molecule has 6 heteroatoms. The molecule has 0 unspecified atom stereocenters. The number of hydrogen-bond donors (Lipinski definition) is 2. The van der Waals surface area contributed by atoms with Crippen LogP contribution < -0.4 is 0 Å². The largest absolute Gasteiger partial charge is 0.508 e. The predicted molar refractivity (Wildman–Crippen MR) is 91.8 cm³/mol. The van der Waals surface area contributed by atoms with E-state index < -0.39 is 6.10 Å². The highest BCUT2D eigenvalue weighted by molar-refractivity contribution is 5.92. The number of phenols is 1. The normalized spacial score (nSPS) is 12.2. The van der Waals surface area contributed by atoms with Crippen LogP contribution >= 0.6 is 0 Å². The van der Waals surface area contributed by atoms with Crippen LogP contribution in [0.2, 0.25) is 0 Å². The number of benzene rings is 1. The van der Waals surface area contributed by atoms with Crippen LogP contribution in [0.1, 0.15) is 48.1 Å². The van der Waals surface area contributed by atoms with E-state index in [2.05, 4.69) is 12.0 Å². The fourth-order valence-electron chi connectivity index (χ4n) is 2.67. The van der Waals surface area contributed by atoms with Crippen molar-refractivity contribution in [2.75, 3.05) is 13.1 Å². The monoisotopic (exact) mass is 331 g/mol. The van der Waals surface area contributed by atoms with E-state index in [-0.39, 0.29) is 18.2 Å². The minimum Gasteiger partial charge on any atom is -0.508 e. The van der Waals surface area contributed by atoms with E-state index in [9.17, 15) is 15.0 Å². The van der Waals surface area contributed by atoms with Gasteiger partial charge in [0.05, 0.1) is 18.3 Å². The van der Waals surface area contributed by atoms with Crippen LogP contribution in [0.5, 0.6) is 5.75 Å². The Balaban J connectivity index is 2.14. The third-order valence-corrected chi connectivity index (χ3v) is 3.97. The van der Waals surface area contributed by atoms with Gasteiger partial charge in [0, 0.05) is 13.6 Å². The summed E-state index contributed by atoms with van der Waals surface area (Å²) in [5.41, 5.74) is 1.99. The molecule has 1 aromatic carbocycles. The standard InChI is InChI=1S/C18H25N3O3/c1-4-7-14-11-16(20(3)19-14)18(24)21(5-2)12-17(23)13-8-6-9-15(22)10-13/h6,8-11,17,22-23H,4-5,7,12H2,1-3H3/t17-/m1/s1. The maximum atomic E-state index is 12.8. The van der Waals surface area contributed by atoms with E-state index in [0.717, 1.165) is 18.5 Å². The van der Waals surface area contributed by atoms with Crippen LogP contribution in [-0.4, -0.2) is 43.9 Å². The first kappa shape index (κ1) is 18.0. The van der Waals surface area contributed by atoms with Crippen molar-refractivity contribution >= 4 is 5.91 Å². The predicted octanol–water partition coefficient (Wildman–Crippen LogP) is 2.27. The van der Waals surface area contributed by atoms with Crippen LogP contribution in [0, 0.1) is 0 Å². The average molecular weight is 331 g/mol. The van der Waals surface area contributed by atoms with Crippen molar-refractivity contribution in [3.63, 3.8) is 0 Å². The molecule has 1 atom stereocenters. The maximum absolute atomic E-state index is 12.8. The highest BCUT2D eigenvalue weighted by atomic mass is 16.3. The molecule has 0 fully saturated rings. The molecule has 2 rings (SSSR count). The van der Waals surface area contributed by atoms with E-state index >= 15 is 0 Å². The number of carbonyl (C=O) groups is 1. The molecule has 0 aliphatic heterocycles. The summed E-state index contributed by atoms with van der Waals surface area (Å²) in [5.74, 6) is -0.0641. The molecule has 2 N–H and O–H groups in total. The van der Waals surface area contributed by atoms with Crippen molar-refractivity contribution in [2.24, 2.45) is 7.05 Å². The molecule has 0 aliphatic carbocycles. The Bertz CT molecular complexity index is 697. The topological polar surface area (TPSA) is 78.6 Å². The SMILES string of the molecule is CCCc1cc(C(=O)N(CC)C[C@@H](O)c2cccc(O)c2)n(C)n1. The highest BCUT2D eigenvalue weighted by Gasteiger charge is 2.22. The van der Waals surface area contributed by atoms with Gasteiger partial charge < -0.3 is 15.1 Å². The van der Waals surface area contributed by atoms with Crippen molar-refractivity contribution < 1.29 is 15.0 Å². The summed E-state index contributed by atoms with van der Waals surface area (Å²) in [6.07, 6.45) is 0.946. The first-order valence-electron chi connectivity index (χ1n) is 8.25. The van der Waals surface area contributed by atoms with Gasteiger partial charge in [0.1, 0.15) is 11.4 Å². The molecule has 1 aromatic heterocycles. The number of aromatic hydroxyl groups is 1. The molecule has 1 amide bonds. The summed E-state index contributed by atoms with van der Waals surface area (Å²) in [5, 5.41) is 24.3. The molecule has 24 heavy (non-hydrogen) atoms. The number of hydrogen-bond acceptors (Lipinski definition) is 4. The molecular weight excluding hydrogens is 306 g/mol. The van der Waals surface area contributed by atoms with Crippen molar-refractivity contribution in [1.29, 1.82) is 0 Å². The Morgan fingerprint density at radius 2 is 2.08 bits per heavy atom. The van der Waals surface area contributed by atoms with Crippen LogP contribution in [0.25, 0.3) is 0 Å². The van der Waals surface area contributed by atoms with E-state index in [0.29, 0.717) is 17.8 Å². The number of carbonyl (C=O) groups excluding carboxylic acids is 1. The zero-order valence-corrected chi connectivity index (χ0v) is 14.4. The van der Waals surface area contributed by atoms with Crippen LogP contribution in [0.3, 0.4) is 0 Å². The molecule has 0 saturated heterocycles. The van der Waals surface area contributed by atoms with Crippen molar-refractivity contribution in [2.45, 2.75) is 32.8 Å². The molecule has 0 bridgehead atoms. The van der Waals surface area contributed by atoms with Crippen molar-refractivity contribution in [3.05, 3.63) is 47.3 Å². The Morgan fingerprint density at radius 3 is 2.71 bits per heavy atom. The lowest BCUT2D eigenvalue weighted by Gasteiger charge is -2.24. The summed E-state index contributed by atoms with van der Waals surface area (Å²) in [7, 11) is 1.76. The Labute approximate surface area is 142 Å². The van der Waals surface area contributed by atoms with Gasteiger partial charge in [0.15, 0.2) is 0 Å². The highest BCUT2D eigenvalue weighted by Crippen LogP contribution is 2.20. The summed E-state index contributed by atoms with van der Waals surface area (Å²) in [6, 6.07) is 8.27. The van der Waals surface area contributed by atoms with Crippen LogP contribution in [0.15, 0.2) is 30.3 Å². The minimum absolute atomic E-state index is 0.0942. The third-order valence-electron chi connectivity index (χ3n) is 3.97. The third kappa shape index (κ3) is 4.14. The van der Waals surface area contributed by atoms with Gasteiger partial charge in [-0.2, -0.15) is 5.10 Å². The Kier molecular flexibility index (Phi) is 5.98. The smallest absolute Gasteiger partial charge is 0.272 e. The van der Waals surface area contributed by atoms with E-state index in [1.807, 2.05) is 13.0 Å². The number of aryl methyl sites for hydroxylation is 2. The number of aliphatic hydroxyl groups excluding tert-OH is 1. The molecule has 6 nitrogen and oxygen atoms in total. The zero-order chi connectivity index (χ0) is 17.7. The van der Waals surface area contributed by atoms with Gasteiger partial charge >= 0.3 is 0 Å². The van der Waals surface area contributed by atoms with Crippen molar-refractivity contribution in [3.8, 4) is 5.75 Å². The summed E-state index contributed by atoms with van der Waals surface area (Å²) >= 11 is 0. The maximum Gasteiger partial charge on any atom is 0.272 e. The first-order chi connectivity index (χ1) is 11.5. The zero-order valence-electron chi connectivity index (χ0n) is 14.4. The fourth-order valence-corrected chi connectivity index (χ4v) is 2.67. The quantitative estimate of drug-likeness (QED) is 0.816. The van der Waals surface area contributed by atoms with Gasteiger partial charge in [-0.25, -0.2) is 0 Å². The number of aliphatic hydroxyl groups is 1. The lowest BCUT2D eigenvalue weighted by molar-refractivity contribution is 0.0624. The summed E-state index contributed by atoms with van der Waals surface area (Å²) < 4.78 is 1.59. The minimum atomic E-state index is -0.857. The van der Waals surface area contributed by atoms with Crippen molar-refractivity contribution in [1.82, 2.24) is 14.7 Å². The number of phenolic OH excluding ortho intramolecular Hbond substituents is 1. The molecular formula is C18H25N3O3. The van der Waals surface area contributed by atoms with Gasteiger partial charge in [0.25, 0.3) is 5.91 Å². The second-order valence-electron chi connectivity index (χ2n) is 5.85. The number of aromatic nitrogens is 2. The molecule has 130 valence electrons. The number of likely N-dealkylation sites (N-methyl/N-ethyl adjacent to an activating group) is 1. The van der Waals surface area contributed by atoms with E-state index in [1.54, 1.807) is 34.8 Å². The van der Waals surface area contributed by atoms with E-state index in [4.69, 9.17) is 0 Å². The lowest BCUT2D eigenvalue weighted by atomic mass is 10.1. The number of amides is 1. The summed E-state index contributed by atoms with van der Waals surface area (Å²) in [4.78, 5) is 14.3. The van der Waals surface area contributed by atoms with Gasteiger partial charge in [0.2, 0.25) is 0 Å². The number of rotatable bonds is 7. The van der Waals surface area contributed by atoms with Gasteiger partial charge in [-0.1, -0.05) is 25.5 Å². The second kappa shape index (κ2) is 7.97. The van der Waals surface area contributed by atoms with Gasteiger partial charge in [-0.05, 0) is 37.1 Å². The summed E-state index contributed by atoms with van der Waals surface area (Å²) in [6.45, 7) is 4.58. The first-order valence-corrected chi connectivity index (χ1v) is 8.25. The molecule has 2 aromatic rings. The Hall–Kier alpha value is -2.34. The van der Waals surface area contributed by atoms with Gasteiger partial charge in [-0.3, -0.25) is 9.48 Å². The van der Waals surface area contributed by atoms with Crippen LogP contribution in [-0.2, 0) is 13.5 Å². The van der Waals surface area contributed by atoms with E-state index in [1.165, 1.54) is 6.07 Å². The Morgan fingerprint density at radius 1 is 1.33 bits per heavy atom. The molecule has 0 radical (unpaired) electrons. The lowest BCUT2D eigenvalue weighted by Crippen LogP contribution is -2.35. The number of nitrogens with zero attached hydrogens (tertiary/aromatic N) is 3. The van der Waals surface area contributed by atoms with Gasteiger partial charge in [-0.15, -0.1) is 0 Å². The molecule has 0 spiro atoms. The second-order valence-corrected chi connectivity index (χ2v) is 5.85. The molecule has 1 heterocycles. The molecule has 0 saturated carbocycles.